The van der Waals surface area contributed by atoms with E-state index in [2.05, 4.69) is 24.1 Å². The van der Waals surface area contributed by atoms with Crippen molar-refractivity contribution in [2.24, 2.45) is 0 Å². The second-order valence-electron chi connectivity index (χ2n) is 5.48. The van der Waals surface area contributed by atoms with E-state index >= 15 is 0 Å². The monoisotopic (exact) mass is 348 g/mol. The number of benzene rings is 2. The summed E-state index contributed by atoms with van der Waals surface area (Å²) < 4.78 is 13.7. The molecule has 0 aliphatic carbocycles. The lowest BCUT2D eigenvalue weighted by Gasteiger charge is -2.30. The third-order valence-electron chi connectivity index (χ3n) is 4.08. The van der Waals surface area contributed by atoms with Crippen LogP contribution in [-0.4, -0.2) is 30.4 Å². The summed E-state index contributed by atoms with van der Waals surface area (Å²) in [4.78, 5) is 14.5. The average Bonchev–Trinajstić information content (AvgIpc) is 2.59. The molecule has 1 unspecified atom stereocenters. The van der Waals surface area contributed by atoms with E-state index in [1.807, 2.05) is 24.3 Å². The Labute approximate surface area is 147 Å². The van der Waals surface area contributed by atoms with Crippen molar-refractivity contribution in [2.75, 3.05) is 19.6 Å². The maximum Gasteiger partial charge on any atom is 0.254 e. The van der Waals surface area contributed by atoms with Gasteiger partial charge in [-0.3, -0.25) is 9.69 Å². The molecule has 0 aliphatic rings. The predicted molar refractivity (Wildman–Crippen MR) is 95.8 cm³/mol. The van der Waals surface area contributed by atoms with E-state index in [0.29, 0.717) is 11.6 Å². The number of halogens is 2. The second kappa shape index (κ2) is 8.81. The lowest BCUT2D eigenvalue weighted by atomic mass is 10.0. The molecule has 0 aromatic heterocycles. The highest BCUT2D eigenvalue weighted by Crippen LogP contribution is 2.22. The summed E-state index contributed by atoms with van der Waals surface area (Å²) in [5.74, 6) is -0.917. The minimum absolute atomic E-state index is 0.00740. The maximum absolute atomic E-state index is 13.7. The van der Waals surface area contributed by atoms with Gasteiger partial charge < -0.3 is 5.32 Å². The second-order valence-corrected chi connectivity index (χ2v) is 5.91. The fourth-order valence-electron chi connectivity index (χ4n) is 2.74. The number of rotatable bonds is 7. The van der Waals surface area contributed by atoms with E-state index in [1.165, 1.54) is 12.1 Å². The maximum atomic E-state index is 13.7. The van der Waals surface area contributed by atoms with E-state index in [1.54, 1.807) is 12.1 Å². The van der Waals surface area contributed by atoms with Crippen LogP contribution in [0, 0.1) is 5.82 Å². The highest BCUT2D eigenvalue weighted by molar-refractivity contribution is 6.30. The first-order chi connectivity index (χ1) is 11.6. The molecular formula is C19H22ClFN2O. The van der Waals surface area contributed by atoms with Gasteiger partial charge in [-0.1, -0.05) is 49.7 Å². The zero-order valence-electron chi connectivity index (χ0n) is 13.9. The van der Waals surface area contributed by atoms with Gasteiger partial charge in [0.1, 0.15) is 5.82 Å². The number of hydrogen-bond donors (Lipinski definition) is 1. The minimum atomic E-state index is -0.513. The summed E-state index contributed by atoms with van der Waals surface area (Å²) in [7, 11) is 0. The van der Waals surface area contributed by atoms with Crippen molar-refractivity contribution in [3.63, 3.8) is 0 Å². The quantitative estimate of drug-likeness (QED) is 0.809. The Balaban J connectivity index is 2.15. The molecule has 0 saturated heterocycles. The molecule has 0 saturated carbocycles. The molecule has 2 aromatic rings. The molecule has 3 nitrogen and oxygen atoms in total. The van der Waals surface area contributed by atoms with Gasteiger partial charge in [-0.05, 0) is 42.9 Å². The molecule has 0 heterocycles. The highest BCUT2D eigenvalue weighted by Gasteiger charge is 2.20. The highest BCUT2D eigenvalue weighted by atomic mass is 35.5. The number of carbonyl (C=O) groups excluding carboxylic acids is 1. The normalized spacial score (nSPS) is 12.2. The van der Waals surface area contributed by atoms with Crippen LogP contribution >= 0.6 is 11.6 Å². The van der Waals surface area contributed by atoms with Gasteiger partial charge in [0.25, 0.3) is 5.91 Å². The first kappa shape index (κ1) is 18.4. The molecule has 24 heavy (non-hydrogen) atoms. The zero-order chi connectivity index (χ0) is 17.5. The van der Waals surface area contributed by atoms with Crippen LogP contribution < -0.4 is 5.32 Å². The van der Waals surface area contributed by atoms with Gasteiger partial charge >= 0.3 is 0 Å². The van der Waals surface area contributed by atoms with Gasteiger partial charge in [0, 0.05) is 11.6 Å². The zero-order valence-corrected chi connectivity index (χ0v) is 14.7. The van der Waals surface area contributed by atoms with Crippen LogP contribution in [0.15, 0.2) is 48.5 Å². The van der Waals surface area contributed by atoms with Crippen molar-refractivity contribution in [3.8, 4) is 0 Å². The molecule has 0 radical (unpaired) electrons. The largest absolute Gasteiger partial charge is 0.350 e. The van der Waals surface area contributed by atoms with Gasteiger partial charge in [0.2, 0.25) is 0 Å². The van der Waals surface area contributed by atoms with Crippen LogP contribution in [0.3, 0.4) is 0 Å². The van der Waals surface area contributed by atoms with Crippen LogP contribution in [-0.2, 0) is 0 Å². The van der Waals surface area contributed by atoms with E-state index < -0.39 is 11.7 Å². The van der Waals surface area contributed by atoms with E-state index in [0.717, 1.165) is 18.7 Å². The van der Waals surface area contributed by atoms with Crippen LogP contribution in [0.2, 0.25) is 5.02 Å². The Morgan fingerprint density at radius 3 is 2.33 bits per heavy atom. The Bertz CT molecular complexity index is 671. The average molecular weight is 349 g/mol. The van der Waals surface area contributed by atoms with Crippen molar-refractivity contribution in [3.05, 3.63) is 70.5 Å². The van der Waals surface area contributed by atoms with E-state index in [9.17, 15) is 9.18 Å². The fourth-order valence-corrected chi connectivity index (χ4v) is 2.86. The molecule has 0 fully saturated rings. The smallest absolute Gasteiger partial charge is 0.254 e. The summed E-state index contributed by atoms with van der Waals surface area (Å²) in [6, 6.07) is 13.6. The number of nitrogens with one attached hydrogen (secondary N) is 1. The summed E-state index contributed by atoms with van der Waals surface area (Å²) in [6.45, 7) is 6.24. The molecule has 2 rings (SSSR count). The van der Waals surface area contributed by atoms with Crippen molar-refractivity contribution in [1.29, 1.82) is 0 Å². The van der Waals surface area contributed by atoms with Crippen LogP contribution in [0.25, 0.3) is 0 Å². The lowest BCUT2D eigenvalue weighted by molar-refractivity contribution is 0.0931. The molecular weight excluding hydrogens is 327 g/mol. The summed E-state index contributed by atoms with van der Waals surface area (Å²) in [6.07, 6.45) is 0. The molecule has 0 spiro atoms. The standard InChI is InChI=1S/C19H22ClFN2O/c1-3-23(4-2)18(14-9-11-15(20)12-10-14)13-22-19(24)16-7-5-6-8-17(16)21/h5-12,18H,3-4,13H2,1-2H3,(H,22,24). The van der Waals surface area contributed by atoms with Gasteiger partial charge in [-0.2, -0.15) is 0 Å². The number of amides is 1. The number of likely N-dealkylation sites (N-methyl/N-ethyl adjacent to an activating group) is 1. The van der Waals surface area contributed by atoms with Gasteiger partial charge in [-0.25, -0.2) is 4.39 Å². The Kier molecular flexibility index (Phi) is 6.76. The van der Waals surface area contributed by atoms with Crippen molar-refractivity contribution in [1.82, 2.24) is 10.2 Å². The molecule has 128 valence electrons. The molecule has 1 N–H and O–H groups in total. The Hall–Kier alpha value is -1.91. The SMILES string of the molecule is CCN(CC)C(CNC(=O)c1ccccc1F)c1ccc(Cl)cc1. The van der Waals surface area contributed by atoms with Gasteiger partial charge in [0.15, 0.2) is 0 Å². The van der Waals surface area contributed by atoms with Crippen LogP contribution in [0.4, 0.5) is 4.39 Å². The first-order valence-electron chi connectivity index (χ1n) is 8.09. The van der Waals surface area contributed by atoms with Crippen molar-refractivity contribution < 1.29 is 9.18 Å². The molecule has 1 atom stereocenters. The first-order valence-corrected chi connectivity index (χ1v) is 8.46. The predicted octanol–water partition coefficient (Wildman–Crippen LogP) is 4.29. The number of hydrogen-bond acceptors (Lipinski definition) is 2. The van der Waals surface area contributed by atoms with Gasteiger partial charge in [0.05, 0.1) is 11.6 Å². The van der Waals surface area contributed by atoms with Crippen LogP contribution in [0.5, 0.6) is 0 Å². The summed E-state index contributed by atoms with van der Waals surface area (Å²) in [5, 5.41) is 3.52. The Morgan fingerprint density at radius 2 is 1.75 bits per heavy atom. The number of carbonyl (C=O) groups is 1. The Morgan fingerprint density at radius 1 is 1.12 bits per heavy atom. The molecule has 2 aromatic carbocycles. The van der Waals surface area contributed by atoms with Crippen LogP contribution in [0.1, 0.15) is 35.8 Å². The third-order valence-corrected chi connectivity index (χ3v) is 4.33. The minimum Gasteiger partial charge on any atom is -0.350 e. The summed E-state index contributed by atoms with van der Waals surface area (Å²) in [5.41, 5.74) is 1.13. The topological polar surface area (TPSA) is 32.3 Å². The number of nitrogens with zero attached hydrogens (tertiary/aromatic N) is 1. The van der Waals surface area contributed by atoms with Crippen molar-refractivity contribution >= 4 is 17.5 Å². The third kappa shape index (κ3) is 4.56. The summed E-state index contributed by atoms with van der Waals surface area (Å²) >= 11 is 5.96. The molecule has 0 bridgehead atoms. The van der Waals surface area contributed by atoms with Crippen molar-refractivity contribution in [2.45, 2.75) is 19.9 Å². The molecule has 5 heteroatoms. The van der Waals surface area contributed by atoms with E-state index in [4.69, 9.17) is 11.6 Å². The fraction of sp³-hybridized carbons (Fsp3) is 0.316. The van der Waals surface area contributed by atoms with E-state index in [-0.39, 0.29) is 11.6 Å². The molecule has 0 aliphatic heterocycles. The lowest BCUT2D eigenvalue weighted by Crippen LogP contribution is -2.38. The van der Waals surface area contributed by atoms with Gasteiger partial charge in [-0.15, -0.1) is 0 Å². The molecule has 1 amide bonds.